The summed E-state index contributed by atoms with van der Waals surface area (Å²) in [5, 5.41) is 28.1. The van der Waals surface area contributed by atoms with Crippen molar-refractivity contribution in [3.8, 4) is 0 Å². The third-order valence-electron chi connectivity index (χ3n) is 3.98. The third-order valence-corrected chi connectivity index (χ3v) is 7.69. The van der Waals surface area contributed by atoms with Crippen LogP contribution >= 0.6 is 0 Å². The second kappa shape index (κ2) is 6.95. The van der Waals surface area contributed by atoms with Crippen LogP contribution < -0.4 is 0 Å². The minimum absolute atomic E-state index is 0.153. The SMILES string of the molecule is Cc1ccc(C(=O)O)cc1S(=O)(=O)N(CC(=O)O)[C@H]1CS(=O)(=O)C[C@H]1O. The van der Waals surface area contributed by atoms with Crippen LogP contribution in [0.25, 0.3) is 0 Å². The first-order valence-electron chi connectivity index (χ1n) is 7.31. The molecule has 0 amide bonds. The number of aromatic carboxylic acids is 1. The minimum atomic E-state index is -4.58. The van der Waals surface area contributed by atoms with Gasteiger partial charge in [-0.2, -0.15) is 4.31 Å². The minimum Gasteiger partial charge on any atom is -0.480 e. The zero-order valence-electron chi connectivity index (χ0n) is 13.6. The predicted molar refractivity (Wildman–Crippen MR) is 88.1 cm³/mol. The van der Waals surface area contributed by atoms with E-state index in [-0.39, 0.29) is 11.1 Å². The number of nitrogens with zero attached hydrogens (tertiary/aromatic N) is 1. The Labute approximate surface area is 149 Å². The Morgan fingerprint density at radius 3 is 2.31 bits per heavy atom. The average Bonchev–Trinajstić information content (AvgIpc) is 2.77. The maximum atomic E-state index is 13.0. The molecule has 1 aliphatic rings. The Balaban J connectivity index is 2.59. The van der Waals surface area contributed by atoms with Crippen LogP contribution in [0.3, 0.4) is 0 Å². The van der Waals surface area contributed by atoms with Crippen molar-refractivity contribution in [3.63, 3.8) is 0 Å². The normalized spacial score (nSPS) is 22.4. The summed E-state index contributed by atoms with van der Waals surface area (Å²) >= 11 is 0. The molecule has 1 heterocycles. The van der Waals surface area contributed by atoms with Crippen LogP contribution in [0.2, 0.25) is 0 Å². The van der Waals surface area contributed by atoms with Gasteiger partial charge in [-0.3, -0.25) is 4.79 Å². The van der Waals surface area contributed by atoms with Crippen LogP contribution in [0.4, 0.5) is 0 Å². The van der Waals surface area contributed by atoms with Crippen LogP contribution in [0.15, 0.2) is 23.1 Å². The predicted octanol–water partition coefficient (Wildman–Crippen LogP) is -1.07. The molecule has 26 heavy (non-hydrogen) atoms. The van der Waals surface area contributed by atoms with Crippen molar-refractivity contribution in [2.45, 2.75) is 24.0 Å². The summed E-state index contributed by atoms with van der Waals surface area (Å²) in [4.78, 5) is 21.8. The van der Waals surface area contributed by atoms with Gasteiger partial charge in [0.1, 0.15) is 6.54 Å². The molecule has 0 saturated carbocycles. The van der Waals surface area contributed by atoms with Crippen molar-refractivity contribution in [2.24, 2.45) is 0 Å². The number of sulfonamides is 1. The highest BCUT2D eigenvalue weighted by atomic mass is 32.2. The summed E-state index contributed by atoms with van der Waals surface area (Å²) in [7, 11) is -8.33. The molecule has 0 unspecified atom stereocenters. The van der Waals surface area contributed by atoms with Gasteiger partial charge >= 0.3 is 11.9 Å². The van der Waals surface area contributed by atoms with Gasteiger partial charge in [-0.25, -0.2) is 21.6 Å². The smallest absolute Gasteiger partial charge is 0.335 e. The van der Waals surface area contributed by atoms with Crippen molar-refractivity contribution >= 4 is 31.8 Å². The van der Waals surface area contributed by atoms with Gasteiger partial charge in [-0.15, -0.1) is 0 Å². The van der Waals surface area contributed by atoms with Crippen molar-refractivity contribution in [1.29, 1.82) is 0 Å². The Kier molecular flexibility index (Phi) is 5.42. The first-order valence-corrected chi connectivity index (χ1v) is 10.6. The van der Waals surface area contributed by atoms with Gasteiger partial charge in [-0.05, 0) is 24.6 Å². The summed E-state index contributed by atoms with van der Waals surface area (Å²) in [6.45, 7) is 0.315. The summed E-state index contributed by atoms with van der Waals surface area (Å²) < 4.78 is 49.8. The zero-order valence-corrected chi connectivity index (χ0v) is 15.2. The second-order valence-electron chi connectivity index (χ2n) is 5.94. The maximum Gasteiger partial charge on any atom is 0.335 e. The highest BCUT2D eigenvalue weighted by molar-refractivity contribution is 7.92. The van der Waals surface area contributed by atoms with Crippen LogP contribution in [-0.2, 0) is 24.7 Å². The number of benzene rings is 1. The van der Waals surface area contributed by atoms with Crippen LogP contribution in [0, 0.1) is 6.92 Å². The third kappa shape index (κ3) is 4.03. The number of hydrogen-bond donors (Lipinski definition) is 3. The number of aliphatic hydroxyl groups is 1. The van der Waals surface area contributed by atoms with E-state index in [2.05, 4.69) is 0 Å². The largest absolute Gasteiger partial charge is 0.480 e. The first-order chi connectivity index (χ1) is 11.8. The lowest BCUT2D eigenvalue weighted by Gasteiger charge is -2.28. The molecule has 0 bridgehead atoms. The molecule has 12 heteroatoms. The van der Waals surface area contributed by atoms with E-state index in [1.165, 1.54) is 19.1 Å². The molecule has 2 atom stereocenters. The molecule has 1 aliphatic heterocycles. The molecule has 144 valence electrons. The average molecular weight is 407 g/mol. The molecule has 0 aliphatic carbocycles. The van der Waals surface area contributed by atoms with E-state index >= 15 is 0 Å². The van der Waals surface area contributed by atoms with E-state index < -0.39 is 66.9 Å². The van der Waals surface area contributed by atoms with Gasteiger partial charge in [0, 0.05) is 0 Å². The number of carboxylic acids is 2. The Hall–Kier alpha value is -2.02. The second-order valence-corrected chi connectivity index (χ2v) is 9.95. The molecule has 2 rings (SSSR count). The monoisotopic (exact) mass is 407 g/mol. The summed E-state index contributed by atoms with van der Waals surface area (Å²) in [6, 6.07) is 1.83. The standard InChI is InChI=1S/C14H17NO9S2/c1-8-2-3-9(14(19)20)4-12(8)26(23,24)15(5-13(17)18)10-6-25(21,22)7-11(10)16/h2-4,10-11,16H,5-7H2,1H3,(H,17,18)(H,19,20)/t10-,11+/m0/s1. The zero-order chi connectivity index (χ0) is 19.9. The van der Waals surface area contributed by atoms with Crippen LogP contribution in [-0.4, -0.2) is 78.6 Å². The number of carbonyl (C=O) groups is 2. The molecule has 3 N–H and O–H groups in total. The quantitative estimate of drug-likeness (QED) is 0.532. The number of aliphatic carboxylic acids is 1. The fourth-order valence-electron chi connectivity index (χ4n) is 2.74. The summed E-state index contributed by atoms with van der Waals surface area (Å²) in [5.41, 5.74) is -0.176. The fraction of sp³-hybridized carbons (Fsp3) is 0.429. The van der Waals surface area contributed by atoms with Gasteiger partial charge in [0.15, 0.2) is 9.84 Å². The van der Waals surface area contributed by atoms with Crippen LogP contribution in [0.1, 0.15) is 15.9 Å². The number of rotatable bonds is 6. The molecule has 0 aromatic heterocycles. The molecular weight excluding hydrogens is 390 g/mol. The van der Waals surface area contributed by atoms with Crippen molar-refractivity contribution in [2.75, 3.05) is 18.1 Å². The van der Waals surface area contributed by atoms with Crippen molar-refractivity contribution in [3.05, 3.63) is 29.3 Å². The van der Waals surface area contributed by atoms with E-state index in [9.17, 15) is 31.5 Å². The van der Waals surface area contributed by atoms with E-state index in [0.29, 0.717) is 4.31 Å². The molecule has 1 aromatic carbocycles. The maximum absolute atomic E-state index is 13.0. The molecule has 0 radical (unpaired) electrons. The van der Waals surface area contributed by atoms with Gasteiger partial charge in [0.2, 0.25) is 10.0 Å². The lowest BCUT2D eigenvalue weighted by molar-refractivity contribution is -0.137. The molecule has 1 saturated heterocycles. The first kappa shape index (κ1) is 20.3. The fourth-order valence-corrected chi connectivity index (χ4v) is 6.49. The number of aliphatic hydroxyl groups excluding tert-OH is 1. The number of aryl methyl sites for hydroxylation is 1. The van der Waals surface area contributed by atoms with Crippen molar-refractivity contribution < 1.29 is 41.7 Å². The Morgan fingerprint density at radius 1 is 1.23 bits per heavy atom. The lowest BCUT2D eigenvalue weighted by atomic mass is 10.1. The van der Waals surface area contributed by atoms with Gasteiger partial charge in [0.25, 0.3) is 0 Å². The molecule has 0 spiro atoms. The Bertz CT molecular complexity index is 953. The van der Waals surface area contributed by atoms with E-state index in [1.54, 1.807) is 0 Å². The summed E-state index contributed by atoms with van der Waals surface area (Å²) in [5.74, 6) is -4.33. The molecular formula is C14H17NO9S2. The molecule has 10 nitrogen and oxygen atoms in total. The van der Waals surface area contributed by atoms with Crippen molar-refractivity contribution in [1.82, 2.24) is 4.31 Å². The summed E-state index contributed by atoms with van der Waals surface area (Å²) in [6.07, 6.45) is -1.59. The Morgan fingerprint density at radius 2 is 1.85 bits per heavy atom. The van der Waals surface area contributed by atoms with Crippen LogP contribution in [0.5, 0.6) is 0 Å². The van der Waals surface area contributed by atoms with E-state index in [0.717, 1.165) is 6.07 Å². The molecule has 1 fully saturated rings. The number of hydrogen-bond acceptors (Lipinski definition) is 7. The topological polar surface area (TPSA) is 166 Å². The lowest BCUT2D eigenvalue weighted by Crippen LogP contribution is -2.49. The van der Waals surface area contributed by atoms with E-state index in [4.69, 9.17) is 10.2 Å². The number of carboxylic acid groups (broad SMARTS) is 2. The highest BCUT2D eigenvalue weighted by Gasteiger charge is 2.45. The highest BCUT2D eigenvalue weighted by Crippen LogP contribution is 2.27. The van der Waals surface area contributed by atoms with E-state index in [1.807, 2.05) is 0 Å². The number of sulfone groups is 1. The van der Waals surface area contributed by atoms with Gasteiger partial charge in [-0.1, -0.05) is 6.07 Å². The van der Waals surface area contributed by atoms with Gasteiger partial charge in [0.05, 0.1) is 34.1 Å². The molecule has 1 aromatic rings. The van der Waals surface area contributed by atoms with Gasteiger partial charge < -0.3 is 15.3 Å².